The van der Waals surface area contributed by atoms with E-state index < -0.39 is 0 Å². The maximum absolute atomic E-state index is 12.1. The summed E-state index contributed by atoms with van der Waals surface area (Å²) in [5.41, 5.74) is 0.630. The van der Waals surface area contributed by atoms with Crippen LogP contribution in [0.2, 0.25) is 0 Å². The molecule has 0 radical (unpaired) electrons. The Labute approximate surface area is 133 Å². The molecule has 0 aliphatic rings. The zero-order valence-electron chi connectivity index (χ0n) is 14.1. The molecule has 1 amide bonds. The number of carbonyl (C=O) groups excluding carboxylic acids is 1. The van der Waals surface area contributed by atoms with Gasteiger partial charge in [0.2, 0.25) is 5.91 Å². The van der Waals surface area contributed by atoms with Gasteiger partial charge >= 0.3 is 0 Å². The van der Waals surface area contributed by atoms with Crippen LogP contribution in [0.5, 0.6) is 11.5 Å². The monoisotopic (exact) mass is 308 g/mol. The molecule has 0 aromatic heterocycles. The topological polar surface area (TPSA) is 59.6 Å². The summed E-state index contributed by atoms with van der Waals surface area (Å²) in [6.45, 7) is 5.15. The summed E-state index contributed by atoms with van der Waals surface area (Å²) in [5.74, 6) is 1.27. The van der Waals surface area contributed by atoms with Crippen LogP contribution in [0.3, 0.4) is 0 Å². The van der Waals surface area contributed by atoms with Crippen molar-refractivity contribution in [1.82, 2.24) is 5.32 Å². The molecule has 0 aliphatic heterocycles. The van der Waals surface area contributed by atoms with Crippen LogP contribution in [0.15, 0.2) is 18.2 Å². The van der Waals surface area contributed by atoms with Crippen molar-refractivity contribution in [3.8, 4) is 11.5 Å². The molecule has 22 heavy (non-hydrogen) atoms. The minimum Gasteiger partial charge on any atom is -0.497 e. The van der Waals surface area contributed by atoms with Gasteiger partial charge < -0.3 is 20.1 Å². The third-order valence-corrected chi connectivity index (χ3v) is 3.45. The summed E-state index contributed by atoms with van der Waals surface area (Å²) < 4.78 is 10.4. The van der Waals surface area contributed by atoms with E-state index in [4.69, 9.17) is 9.47 Å². The van der Waals surface area contributed by atoms with Crippen molar-refractivity contribution >= 4 is 11.6 Å². The lowest BCUT2D eigenvalue weighted by Crippen LogP contribution is -2.31. The summed E-state index contributed by atoms with van der Waals surface area (Å²) in [6, 6.07) is 5.48. The SMILES string of the molecule is CCCCCNC(C)CC(=O)Nc1cc(OC)ccc1OC. The van der Waals surface area contributed by atoms with Gasteiger partial charge in [0, 0.05) is 18.5 Å². The molecular formula is C17H28N2O3. The van der Waals surface area contributed by atoms with Crippen LogP contribution < -0.4 is 20.1 Å². The molecule has 0 saturated heterocycles. The second-order valence-electron chi connectivity index (χ2n) is 5.38. The number of unbranched alkanes of at least 4 members (excludes halogenated alkanes) is 2. The highest BCUT2D eigenvalue weighted by Gasteiger charge is 2.12. The van der Waals surface area contributed by atoms with Gasteiger partial charge in [-0.3, -0.25) is 4.79 Å². The molecule has 5 heteroatoms. The number of ether oxygens (including phenoxy) is 2. The zero-order chi connectivity index (χ0) is 16.4. The van der Waals surface area contributed by atoms with Gasteiger partial charge in [0.25, 0.3) is 0 Å². The first kappa shape index (κ1) is 18.3. The van der Waals surface area contributed by atoms with Crippen LogP contribution in [-0.4, -0.2) is 32.7 Å². The number of anilines is 1. The average Bonchev–Trinajstić information content (AvgIpc) is 2.51. The molecule has 5 nitrogen and oxygen atoms in total. The van der Waals surface area contributed by atoms with E-state index in [0.29, 0.717) is 23.6 Å². The average molecular weight is 308 g/mol. The van der Waals surface area contributed by atoms with Crippen molar-refractivity contribution in [2.45, 2.75) is 45.6 Å². The first-order valence-electron chi connectivity index (χ1n) is 7.86. The molecule has 1 rings (SSSR count). The highest BCUT2D eigenvalue weighted by Crippen LogP contribution is 2.28. The van der Waals surface area contributed by atoms with Gasteiger partial charge in [-0.05, 0) is 32.0 Å². The van der Waals surface area contributed by atoms with Crippen LogP contribution in [-0.2, 0) is 4.79 Å². The van der Waals surface area contributed by atoms with Gasteiger partial charge in [0.05, 0.1) is 19.9 Å². The maximum Gasteiger partial charge on any atom is 0.226 e. The van der Waals surface area contributed by atoms with Crippen molar-refractivity contribution in [1.29, 1.82) is 0 Å². The third-order valence-electron chi connectivity index (χ3n) is 3.45. The fourth-order valence-electron chi connectivity index (χ4n) is 2.19. The van der Waals surface area contributed by atoms with E-state index in [2.05, 4.69) is 17.6 Å². The lowest BCUT2D eigenvalue weighted by atomic mass is 10.2. The van der Waals surface area contributed by atoms with E-state index in [1.165, 1.54) is 12.8 Å². The zero-order valence-corrected chi connectivity index (χ0v) is 14.1. The molecule has 0 heterocycles. The summed E-state index contributed by atoms with van der Waals surface area (Å²) in [4.78, 5) is 12.1. The molecule has 0 bridgehead atoms. The predicted molar refractivity (Wildman–Crippen MR) is 89.8 cm³/mol. The highest BCUT2D eigenvalue weighted by atomic mass is 16.5. The lowest BCUT2D eigenvalue weighted by Gasteiger charge is -2.15. The van der Waals surface area contributed by atoms with E-state index in [9.17, 15) is 4.79 Å². The van der Waals surface area contributed by atoms with E-state index in [0.717, 1.165) is 13.0 Å². The Morgan fingerprint density at radius 2 is 2.00 bits per heavy atom. The van der Waals surface area contributed by atoms with E-state index in [-0.39, 0.29) is 11.9 Å². The largest absolute Gasteiger partial charge is 0.497 e. The molecule has 1 unspecified atom stereocenters. The number of methoxy groups -OCH3 is 2. The number of nitrogens with one attached hydrogen (secondary N) is 2. The molecule has 1 aromatic carbocycles. The molecule has 0 spiro atoms. The number of hydrogen-bond donors (Lipinski definition) is 2. The van der Waals surface area contributed by atoms with E-state index >= 15 is 0 Å². The molecule has 2 N–H and O–H groups in total. The fraction of sp³-hybridized carbons (Fsp3) is 0.588. The summed E-state index contributed by atoms with van der Waals surface area (Å²) >= 11 is 0. The van der Waals surface area contributed by atoms with Crippen LogP contribution in [0.1, 0.15) is 39.5 Å². The second kappa shape index (κ2) is 10.1. The molecular weight excluding hydrogens is 280 g/mol. The number of hydrogen-bond acceptors (Lipinski definition) is 4. The maximum atomic E-state index is 12.1. The quantitative estimate of drug-likeness (QED) is 0.652. The first-order chi connectivity index (χ1) is 10.6. The van der Waals surface area contributed by atoms with Crippen molar-refractivity contribution in [3.63, 3.8) is 0 Å². The van der Waals surface area contributed by atoms with E-state index in [1.807, 2.05) is 6.92 Å². The molecule has 0 fully saturated rings. The lowest BCUT2D eigenvalue weighted by molar-refractivity contribution is -0.116. The standard InChI is InChI=1S/C17H28N2O3/c1-5-6-7-10-18-13(2)11-17(20)19-15-12-14(21-3)8-9-16(15)22-4/h8-9,12-13,18H,5-7,10-11H2,1-4H3,(H,19,20). The van der Waals surface area contributed by atoms with Crippen LogP contribution in [0.4, 0.5) is 5.69 Å². The Morgan fingerprint density at radius 3 is 2.64 bits per heavy atom. The van der Waals surface area contributed by atoms with Gasteiger partial charge in [-0.15, -0.1) is 0 Å². The van der Waals surface area contributed by atoms with Crippen LogP contribution in [0.25, 0.3) is 0 Å². The van der Waals surface area contributed by atoms with Gasteiger partial charge in [0.1, 0.15) is 11.5 Å². The van der Waals surface area contributed by atoms with Gasteiger partial charge in [-0.2, -0.15) is 0 Å². The third kappa shape index (κ3) is 6.35. The number of rotatable bonds is 10. The predicted octanol–water partition coefficient (Wildman–Crippen LogP) is 3.20. The molecule has 0 aliphatic carbocycles. The normalized spacial score (nSPS) is 11.8. The molecule has 1 aromatic rings. The number of amides is 1. The smallest absolute Gasteiger partial charge is 0.226 e. The number of carbonyl (C=O) groups is 1. The van der Waals surface area contributed by atoms with E-state index in [1.54, 1.807) is 32.4 Å². The highest BCUT2D eigenvalue weighted by molar-refractivity contribution is 5.92. The van der Waals surface area contributed by atoms with Gasteiger partial charge in [0.15, 0.2) is 0 Å². The Bertz CT molecular complexity index is 463. The minimum atomic E-state index is -0.0398. The first-order valence-corrected chi connectivity index (χ1v) is 7.86. The number of benzene rings is 1. The van der Waals surface area contributed by atoms with Crippen LogP contribution in [0, 0.1) is 0 Å². The fourth-order valence-corrected chi connectivity index (χ4v) is 2.19. The Hall–Kier alpha value is -1.75. The summed E-state index contributed by atoms with van der Waals surface area (Å²) in [6.07, 6.45) is 3.98. The van der Waals surface area contributed by atoms with Gasteiger partial charge in [-0.1, -0.05) is 19.8 Å². The molecule has 0 saturated carbocycles. The Morgan fingerprint density at radius 1 is 1.23 bits per heavy atom. The summed E-state index contributed by atoms with van der Waals surface area (Å²) in [7, 11) is 3.17. The Balaban J connectivity index is 2.50. The minimum absolute atomic E-state index is 0.0398. The van der Waals surface area contributed by atoms with Crippen molar-refractivity contribution in [3.05, 3.63) is 18.2 Å². The second-order valence-corrected chi connectivity index (χ2v) is 5.38. The van der Waals surface area contributed by atoms with Crippen molar-refractivity contribution in [2.24, 2.45) is 0 Å². The molecule has 124 valence electrons. The van der Waals surface area contributed by atoms with Crippen molar-refractivity contribution < 1.29 is 14.3 Å². The summed E-state index contributed by atoms with van der Waals surface area (Å²) in [5, 5.41) is 6.25. The molecule has 1 atom stereocenters. The Kier molecular flexibility index (Phi) is 8.36. The van der Waals surface area contributed by atoms with Gasteiger partial charge in [-0.25, -0.2) is 0 Å². The van der Waals surface area contributed by atoms with Crippen molar-refractivity contribution in [2.75, 3.05) is 26.1 Å². The van der Waals surface area contributed by atoms with Crippen LogP contribution >= 0.6 is 0 Å².